The van der Waals surface area contributed by atoms with Gasteiger partial charge in [0.1, 0.15) is 0 Å². The minimum atomic E-state index is -1.39. The number of hydrogen-bond acceptors (Lipinski definition) is 3. The normalized spacial score (nSPS) is 10.0. The van der Waals surface area contributed by atoms with Crippen LogP contribution in [0.1, 0.15) is 6.92 Å². The SMILES string of the molecule is CCOC(=O)/C(F)=C/[O-].[Na+]. The van der Waals surface area contributed by atoms with Crippen molar-refractivity contribution in [3.63, 3.8) is 0 Å². The first kappa shape index (κ1) is 12.6. The van der Waals surface area contributed by atoms with Gasteiger partial charge in [-0.1, -0.05) is 0 Å². The van der Waals surface area contributed by atoms with E-state index >= 15 is 0 Å². The van der Waals surface area contributed by atoms with Gasteiger partial charge in [0.05, 0.1) is 6.61 Å². The second kappa shape index (κ2) is 7.05. The summed E-state index contributed by atoms with van der Waals surface area (Å²) >= 11 is 0. The molecule has 0 aromatic carbocycles. The minimum absolute atomic E-state index is 0. The summed E-state index contributed by atoms with van der Waals surface area (Å²) in [5, 5.41) is 9.51. The van der Waals surface area contributed by atoms with E-state index in [1.54, 1.807) is 0 Å². The van der Waals surface area contributed by atoms with Crippen molar-refractivity contribution in [3.8, 4) is 0 Å². The van der Waals surface area contributed by atoms with Gasteiger partial charge in [0.2, 0.25) is 0 Å². The van der Waals surface area contributed by atoms with E-state index in [9.17, 15) is 14.3 Å². The molecule has 0 N–H and O–H groups in total. The Hall–Kier alpha value is -0.0600. The predicted octanol–water partition coefficient (Wildman–Crippen LogP) is -3.28. The van der Waals surface area contributed by atoms with Crippen LogP contribution >= 0.6 is 0 Å². The van der Waals surface area contributed by atoms with Gasteiger partial charge < -0.3 is 9.84 Å². The Morgan fingerprint density at radius 3 is 2.60 bits per heavy atom. The largest absolute Gasteiger partial charge is 1.00 e. The molecule has 10 heavy (non-hydrogen) atoms. The summed E-state index contributed by atoms with van der Waals surface area (Å²) in [6.45, 7) is 1.59. The van der Waals surface area contributed by atoms with E-state index in [0.29, 0.717) is 0 Å². The Morgan fingerprint density at radius 1 is 1.80 bits per heavy atom. The molecule has 0 saturated heterocycles. The summed E-state index contributed by atoms with van der Waals surface area (Å²) in [6.07, 6.45) is -0.183. The van der Waals surface area contributed by atoms with E-state index in [4.69, 9.17) is 0 Å². The van der Waals surface area contributed by atoms with Crippen LogP contribution in [0, 0.1) is 0 Å². The number of esters is 1. The van der Waals surface area contributed by atoms with Gasteiger partial charge in [-0.2, -0.15) is 0 Å². The number of ether oxygens (including phenoxy) is 1. The average Bonchev–Trinajstić information content (AvgIpc) is 1.87. The maximum Gasteiger partial charge on any atom is 1.00 e. The van der Waals surface area contributed by atoms with Gasteiger partial charge in [0.25, 0.3) is 0 Å². The zero-order valence-electron chi connectivity index (χ0n) is 5.89. The smallest absolute Gasteiger partial charge is 0.876 e. The van der Waals surface area contributed by atoms with Crippen molar-refractivity contribution >= 4 is 5.97 Å². The van der Waals surface area contributed by atoms with Gasteiger partial charge in [-0.25, -0.2) is 9.18 Å². The Labute approximate surface area is 80.2 Å². The van der Waals surface area contributed by atoms with Gasteiger partial charge in [-0.3, -0.25) is 0 Å². The second-order valence-electron chi connectivity index (χ2n) is 1.19. The molecule has 0 aliphatic rings. The maximum absolute atomic E-state index is 11.8. The van der Waals surface area contributed by atoms with Crippen LogP contribution in [-0.4, -0.2) is 12.6 Å². The average molecular weight is 156 g/mol. The van der Waals surface area contributed by atoms with Gasteiger partial charge in [0, 0.05) is 0 Å². The molecule has 0 spiro atoms. The summed E-state index contributed by atoms with van der Waals surface area (Å²) in [5.41, 5.74) is 0. The molecule has 52 valence electrons. The molecule has 0 radical (unpaired) electrons. The topological polar surface area (TPSA) is 49.4 Å². The molecule has 0 saturated carbocycles. The molecule has 0 aromatic heterocycles. The van der Waals surface area contributed by atoms with E-state index in [1.165, 1.54) is 6.92 Å². The van der Waals surface area contributed by atoms with Gasteiger partial charge in [-0.15, -0.1) is 6.26 Å². The summed E-state index contributed by atoms with van der Waals surface area (Å²) < 4.78 is 15.9. The van der Waals surface area contributed by atoms with Crippen LogP contribution in [-0.2, 0) is 9.53 Å². The maximum atomic E-state index is 11.8. The first-order chi connectivity index (χ1) is 4.22. The van der Waals surface area contributed by atoms with Crippen molar-refractivity contribution in [2.24, 2.45) is 0 Å². The molecule has 0 aliphatic heterocycles. The molecule has 3 nitrogen and oxygen atoms in total. The summed E-state index contributed by atoms with van der Waals surface area (Å²) in [7, 11) is 0. The first-order valence-corrected chi connectivity index (χ1v) is 2.37. The van der Waals surface area contributed by atoms with Crippen molar-refractivity contribution in [1.29, 1.82) is 0 Å². The van der Waals surface area contributed by atoms with Crippen LogP contribution in [0.3, 0.4) is 0 Å². The predicted molar refractivity (Wildman–Crippen MR) is 25.8 cm³/mol. The van der Waals surface area contributed by atoms with E-state index in [0.717, 1.165) is 0 Å². The number of carbonyl (C=O) groups is 1. The van der Waals surface area contributed by atoms with Crippen molar-refractivity contribution < 1.29 is 48.6 Å². The van der Waals surface area contributed by atoms with Gasteiger partial charge in [0.15, 0.2) is 5.83 Å². The van der Waals surface area contributed by atoms with Crippen molar-refractivity contribution in [2.75, 3.05) is 6.61 Å². The van der Waals surface area contributed by atoms with E-state index in [-0.39, 0.29) is 42.4 Å². The van der Waals surface area contributed by atoms with Crippen molar-refractivity contribution in [3.05, 3.63) is 12.1 Å². The molecule has 0 rings (SSSR count). The number of rotatable bonds is 2. The summed E-state index contributed by atoms with van der Waals surface area (Å²) in [4.78, 5) is 10.1. The van der Waals surface area contributed by atoms with Gasteiger partial charge >= 0.3 is 35.5 Å². The fourth-order valence-electron chi connectivity index (χ4n) is 0.248. The minimum Gasteiger partial charge on any atom is -0.876 e. The summed E-state index contributed by atoms with van der Waals surface area (Å²) in [5.74, 6) is -2.59. The molecule has 0 bridgehead atoms. The molecular weight excluding hydrogens is 150 g/mol. The zero-order chi connectivity index (χ0) is 7.28. The fourth-order valence-corrected chi connectivity index (χ4v) is 0.248. The number of hydrogen-bond donors (Lipinski definition) is 0. The van der Waals surface area contributed by atoms with Crippen LogP contribution in [0.25, 0.3) is 0 Å². The Morgan fingerprint density at radius 2 is 2.30 bits per heavy atom. The van der Waals surface area contributed by atoms with Crippen LogP contribution < -0.4 is 34.7 Å². The van der Waals surface area contributed by atoms with Crippen molar-refractivity contribution in [2.45, 2.75) is 6.92 Å². The van der Waals surface area contributed by atoms with E-state index in [2.05, 4.69) is 4.74 Å². The third-order valence-corrected chi connectivity index (χ3v) is 0.574. The van der Waals surface area contributed by atoms with E-state index < -0.39 is 11.8 Å². The van der Waals surface area contributed by atoms with Crippen LogP contribution in [0.2, 0.25) is 0 Å². The Balaban J connectivity index is 0. The quantitative estimate of drug-likeness (QED) is 0.182. The van der Waals surface area contributed by atoms with E-state index in [1.807, 2.05) is 0 Å². The number of halogens is 1. The fraction of sp³-hybridized carbons (Fsp3) is 0.400. The second-order valence-corrected chi connectivity index (χ2v) is 1.19. The zero-order valence-corrected chi connectivity index (χ0v) is 7.89. The molecule has 5 heteroatoms. The third kappa shape index (κ3) is 4.78. The molecule has 0 unspecified atom stereocenters. The van der Waals surface area contributed by atoms with Crippen LogP contribution in [0.4, 0.5) is 4.39 Å². The van der Waals surface area contributed by atoms with Crippen LogP contribution in [0.15, 0.2) is 12.1 Å². The molecule has 0 amide bonds. The van der Waals surface area contributed by atoms with Gasteiger partial charge in [-0.05, 0) is 6.92 Å². The van der Waals surface area contributed by atoms with Crippen molar-refractivity contribution in [1.82, 2.24) is 0 Å². The van der Waals surface area contributed by atoms with Crippen LogP contribution in [0.5, 0.6) is 0 Å². The summed E-state index contributed by atoms with van der Waals surface area (Å²) in [6, 6.07) is 0. The Kier molecular flexibility index (Phi) is 8.89. The molecular formula is C5H6FNaO3. The molecule has 0 atom stereocenters. The molecule has 0 heterocycles. The Bertz CT molecular complexity index is 135. The molecule has 0 aliphatic carbocycles. The standard InChI is InChI=1S/C5H7FO3.Na/c1-2-9-5(8)4(6)3-7;/h3,7H,2H2,1H3;/q;+1/p-1/b4-3-;. The number of carbonyl (C=O) groups excluding carboxylic acids is 1. The molecule has 0 aromatic rings. The monoisotopic (exact) mass is 156 g/mol. The first-order valence-electron chi connectivity index (χ1n) is 2.37. The molecule has 0 fully saturated rings. The third-order valence-electron chi connectivity index (χ3n) is 0.574.